The highest BCUT2D eigenvalue weighted by atomic mass is 35.5. The third kappa shape index (κ3) is 4.12. The van der Waals surface area contributed by atoms with Crippen molar-refractivity contribution < 1.29 is 9.90 Å². The fraction of sp³-hybridized carbons (Fsp3) is 0.516. The number of likely N-dealkylation sites (tertiary alicyclic amines) is 2. The van der Waals surface area contributed by atoms with Gasteiger partial charge in [0, 0.05) is 25.7 Å². The second kappa shape index (κ2) is 9.72. The number of carboxylic acids is 1. The Hall–Kier alpha value is -2.74. The quantitative estimate of drug-likeness (QED) is 0.488. The number of carbonyl (C=O) groups is 1. The predicted octanol–water partition coefficient (Wildman–Crippen LogP) is 4.94. The molecule has 1 aliphatic carbocycles. The van der Waals surface area contributed by atoms with Gasteiger partial charge in [-0.25, -0.2) is 0 Å². The molecule has 7 nitrogen and oxygen atoms in total. The number of piperidine rings is 1. The molecule has 0 radical (unpaired) electrons. The molecule has 1 spiro atoms. The molecular formula is C31H35ClN4O3. The maximum Gasteiger partial charge on any atom is 0.304 e. The van der Waals surface area contributed by atoms with Gasteiger partial charge < -0.3 is 5.11 Å². The number of carboxylic acid groups (broad SMARTS) is 1. The van der Waals surface area contributed by atoms with Gasteiger partial charge in [-0.2, -0.15) is 4.98 Å². The van der Waals surface area contributed by atoms with Crippen LogP contribution in [-0.2, 0) is 10.2 Å². The van der Waals surface area contributed by atoms with Crippen molar-refractivity contribution in [3.8, 4) is 5.69 Å². The van der Waals surface area contributed by atoms with Gasteiger partial charge in [0.15, 0.2) is 0 Å². The topological polar surface area (TPSA) is 78.7 Å². The molecule has 1 N–H and O–H groups in total. The average Bonchev–Trinajstić information content (AvgIpc) is 3.17. The van der Waals surface area contributed by atoms with Crippen LogP contribution >= 0.6 is 11.6 Å². The summed E-state index contributed by atoms with van der Waals surface area (Å²) in [5.41, 5.74) is 4.33. The van der Waals surface area contributed by atoms with E-state index in [0.717, 1.165) is 76.0 Å². The molecule has 3 fully saturated rings. The van der Waals surface area contributed by atoms with Gasteiger partial charge in [-0.3, -0.25) is 24.0 Å². The van der Waals surface area contributed by atoms with Crippen LogP contribution in [0, 0.1) is 0 Å². The summed E-state index contributed by atoms with van der Waals surface area (Å²) in [6, 6.07) is 13.3. The van der Waals surface area contributed by atoms with Crippen LogP contribution in [0.25, 0.3) is 16.6 Å². The summed E-state index contributed by atoms with van der Waals surface area (Å²) in [6.45, 7) is 4.77. The monoisotopic (exact) mass is 546 g/mol. The molecule has 0 atom stereocenters. The first-order valence-electron chi connectivity index (χ1n) is 14.5. The highest BCUT2D eigenvalue weighted by Crippen LogP contribution is 2.52. The molecule has 0 bridgehead atoms. The molecule has 3 aliphatic heterocycles. The number of aliphatic carboxylic acids is 1. The minimum absolute atomic E-state index is 0.193. The van der Waals surface area contributed by atoms with Crippen molar-refractivity contribution in [3.05, 3.63) is 68.7 Å². The van der Waals surface area contributed by atoms with Gasteiger partial charge in [-0.1, -0.05) is 49.1 Å². The lowest BCUT2D eigenvalue weighted by Crippen LogP contribution is -2.60. The van der Waals surface area contributed by atoms with Crippen molar-refractivity contribution in [1.82, 2.24) is 19.4 Å². The van der Waals surface area contributed by atoms with E-state index in [1.54, 1.807) is 6.07 Å². The highest BCUT2D eigenvalue weighted by molar-refractivity contribution is 6.35. The van der Waals surface area contributed by atoms with Crippen LogP contribution in [0.5, 0.6) is 0 Å². The van der Waals surface area contributed by atoms with Crippen molar-refractivity contribution in [2.24, 2.45) is 0 Å². The van der Waals surface area contributed by atoms with E-state index in [2.05, 4.69) is 32.6 Å². The summed E-state index contributed by atoms with van der Waals surface area (Å²) in [7, 11) is 0. The zero-order chi connectivity index (χ0) is 26.7. The van der Waals surface area contributed by atoms with Crippen molar-refractivity contribution in [3.63, 3.8) is 0 Å². The van der Waals surface area contributed by atoms with Crippen LogP contribution in [0.15, 0.2) is 41.2 Å². The SMILES string of the molecule is O=C(O)CCN1CC(N2CCC(c3ccc4c(c3)-n3c(nc(=O)c5c(Cl)cccc53)C43CCCCC3)CC2)C1. The largest absolute Gasteiger partial charge is 0.481 e. The lowest BCUT2D eigenvalue weighted by molar-refractivity contribution is -0.137. The number of nitrogens with zero attached hydrogens (tertiary/aromatic N) is 4. The maximum atomic E-state index is 13.2. The Kier molecular flexibility index (Phi) is 6.29. The molecule has 2 aromatic carbocycles. The standard InChI is InChI=1S/C31H35ClN4O3/c32-24-5-4-6-25-28(24)29(39)33-30-31(12-2-1-3-13-31)23-8-7-21(17-26(23)36(25)30)20-9-15-35(16-10-20)22-18-34(19-22)14-11-27(37)38/h4-8,17,20,22H,1-3,9-16,18-19H2,(H,37,38). The third-order valence-corrected chi connectivity index (χ3v) is 10.2. The van der Waals surface area contributed by atoms with E-state index in [-0.39, 0.29) is 17.4 Å². The molecule has 2 saturated heterocycles. The third-order valence-electron chi connectivity index (χ3n) is 9.88. The summed E-state index contributed by atoms with van der Waals surface area (Å²) in [6.07, 6.45) is 8.06. The second-order valence-corrected chi connectivity index (χ2v) is 12.4. The van der Waals surface area contributed by atoms with Gasteiger partial charge in [-0.15, -0.1) is 0 Å². The Bertz CT molecular complexity index is 1500. The first kappa shape index (κ1) is 25.2. The van der Waals surface area contributed by atoms with Gasteiger partial charge in [-0.05, 0) is 74.0 Å². The molecule has 0 amide bonds. The number of halogens is 1. The fourth-order valence-corrected chi connectivity index (χ4v) is 8.01. The lowest BCUT2D eigenvalue weighted by atomic mass is 9.69. The molecule has 4 aliphatic rings. The van der Waals surface area contributed by atoms with Gasteiger partial charge in [0.1, 0.15) is 5.82 Å². The van der Waals surface area contributed by atoms with Crippen LogP contribution in [0.2, 0.25) is 5.02 Å². The Morgan fingerprint density at radius 2 is 1.85 bits per heavy atom. The van der Waals surface area contributed by atoms with Crippen molar-refractivity contribution in [2.45, 2.75) is 68.7 Å². The summed E-state index contributed by atoms with van der Waals surface area (Å²) in [5.74, 6) is 0.689. The van der Waals surface area contributed by atoms with E-state index in [4.69, 9.17) is 21.7 Å². The van der Waals surface area contributed by atoms with Crippen LogP contribution in [0.1, 0.15) is 74.2 Å². The van der Waals surface area contributed by atoms with E-state index in [1.165, 1.54) is 23.2 Å². The molecule has 39 heavy (non-hydrogen) atoms. The zero-order valence-electron chi connectivity index (χ0n) is 22.2. The zero-order valence-corrected chi connectivity index (χ0v) is 23.0. The Morgan fingerprint density at radius 1 is 1.08 bits per heavy atom. The summed E-state index contributed by atoms with van der Waals surface area (Å²) in [4.78, 5) is 33.6. The van der Waals surface area contributed by atoms with E-state index in [0.29, 0.717) is 28.9 Å². The smallest absolute Gasteiger partial charge is 0.304 e. The fourth-order valence-electron chi connectivity index (χ4n) is 7.76. The molecule has 7 rings (SSSR count). The van der Waals surface area contributed by atoms with E-state index < -0.39 is 5.97 Å². The van der Waals surface area contributed by atoms with Gasteiger partial charge in [0.25, 0.3) is 5.56 Å². The van der Waals surface area contributed by atoms with Crippen molar-refractivity contribution in [1.29, 1.82) is 0 Å². The number of hydrogen-bond donors (Lipinski definition) is 1. The summed E-state index contributed by atoms with van der Waals surface area (Å²) < 4.78 is 2.25. The second-order valence-electron chi connectivity index (χ2n) is 12.0. The van der Waals surface area contributed by atoms with E-state index >= 15 is 0 Å². The predicted molar refractivity (Wildman–Crippen MR) is 152 cm³/mol. The number of hydrogen-bond acceptors (Lipinski definition) is 5. The van der Waals surface area contributed by atoms with E-state index in [1.807, 2.05) is 12.1 Å². The molecule has 3 aromatic rings. The van der Waals surface area contributed by atoms with Crippen LogP contribution in [0.3, 0.4) is 0 Å². The molecular weight excluding hydrogens is 512 g/mol. The maximum absolute atomic E-state index is 13.2. The van der Waals surface area contributed by atoms with Gasteiger partial charge in [0.2, 0.25) is 0 Å². The van der Waals surface area contributed by atoms with Crippen LogP contribution in [0.4, 0.5) is 0 Å². The number of aromatic nitrogens is 2. The van der Waals surface area contributed by atoms with Crippen LogP contribution < -0.4 is 5.56 Å². The van der Waals surface area contributed by atoms with Crippen molar-refractivity contribution >= 4 is 28.5 Å². The van der Waals surface area contributed by atoms with E-state index in [9.17, 15) is 9.59 Å². The minimum atomic E-state index is -0.718. The normalized spacial score (nSPS) is 21.7. The molecule has 1 saturated carbocycles. The molecule has 1 aromatic heterocycles. The van der Waals surface area contributed by atoms with Crippen LogP contribution in [-0.4, -0.2) is 69.2 Å². The summed E-state index contributed by atoms with van der Waals surface area (Å²) in [5, 5.41) is 9.91. The Balaban J connectivity index is 1.18. The number of fused-ring (bicyclic) bond motifs is 7. The lowest BCUT2D eigenvalue weighted by Gasteiger charge is -2.47. The number of benzene rings is 2. The van der Waals surface area contributed by atoms with Gasteiger partial charge >= 0.3 is 5.97 Å². The molecule has 0 unspecified atom stereocenters. The average molecular weight is 547 g/mol. The van der Waals surface area contributed by atoms with Crippen molar-refractivity contribution in [2.75, 3.05) is 32.7 Å². The molecule has 204 valence electrons. The molecule has 8 heteroatoms. The Labute approximate surface area is 233 Å². The molecule has 4 heterocycles. The Morgan fingerprint density at radius 3 is 2.59 bits per heavy atom. The highest BCUT2D eigenvalue weighted by Gasteiger charge is 2.46. The van der Waals surface area contributed by atoms with Gasteiger partial charge in [0.05, 0.1) is 33.4 Å². The first-order chi connectivity index (χ1) is 18.9. The summed E-state index contributed by atoms with van der Waals surface area (Å²) >= 11 is 6.53. The number of rotatable bonds is 5. The first-order valence-corrected chi connectivity index (χ1v) is 14.9. The minimum Gasteiger partial charge on any atom is -0.481 e.